The lowest BCUT2D eigenvalue weighted by Crippen LogP contribution is -2.43. The molecule has 0 N–H and O–H groups in total. The SMILES string of the molecule is CC(C)c1ccc(OCC(=O)N(Cc2cccc(Cl)c2)[C@@H]2CCS(=O)(=O)C2)cc1. The summed E-state index contributed by atoms with van der Waals surface area (Å²) in [7, 11) is -3.12. The molecule has 0 aliphatic carbocycles. The summed E-state index contributed by atoms with van der Waals surface area (Å²) in [5, 5.41) is 0.579. The van der Waals surface area contributed by atoms with Gasteiger partial charge in [-0.2, -0.15) is 0 Å². The fourth-order valence-corrected chi connectivity index (χ4v) is 5.39. The molecule has 1 amide bonds. The van der Waals surface area contributed by atoms with Crippen LogP contribution in [0.1, 0.15) is 37.3 Å². The van der Waals surface area contributed by atoms with E-state index in [9.17, 15) is 13.2 Å². The van der Waals surface area contributed by atoms with Gasteiger partial charge in [-0.05, 0) is 47.7 Å². The van der Waals surface area contributed by atoms with E-state index in [0.717, 1.165) is 5.56 Å². The summed E-state index contributed by atoms with van der Waals surface area (Å²) in [4.78, 5) is 14.6. The largest absolute Gasteiger partial charge is 0.484 e. The molecule has 1 aliphatic rings. The summed E-state index contributed by atoms with van der Waals surface area (Å²) in [5.41, 5.74) is 2.05. The van der Waals surface area contributed by atoms with Crippen LogP contribution in [-0.4, -0.2) is 43.4 Å². The summed E-state index contributed by atoms with van der Waals surface area (Å²) in [6.07, 6.45) is 0.442. The summed E-state index contributed by atoms with van der Waals surface area (Å²) in [6.45, 7) is 4.39. The van der Waals surface area contributed by atoms with Crippen LogP contribution in [0.2, 0.25) is 5.02 Å². The van der Waals surface area contributed by atoms with Gasteiger partial charge in [0.1, 0.15) is 5.75 Å². The van der Waals surface area contributed by atoms with E-state index in [4.69, 9.17) is 16.3 Å². The average molecular weight is 436 g/mol. The van der Waals surface area contributed by atoms with Crippen LogP contribution in [0, 0.1) is 0 Å². The maximum absolute atomic E-state index is 13.0. The van der Waals surface area contributed by atoms with E-state index in [1.165, 1.54) is 5.56 Å². The van der Waals surface area contributed by atoms with Crippen molar-refractivity contribution in [3.05, 3.63) is 64.7 Å². The first-order valence-corrected chi connectivity index (χ1v) is 11.9. The molecule has 1 fully saturated rings. The molecule has 29 heavy (non-hydrogen) atoms. The Morgan fingerprint density at radius 1 is 1.21 bits per heavy atom. The molecule has 156 valence electrons. The van der Waals surface area contributed by atoms with Gasteiger partial charge in [0.05, 0.1) is 11.5 Å². The molecule has 0 bridgehead atoms. The van der Waals surface area contributed by atoms with E-state index in [-0.39, 0.29) is 30.1 Å². The topological polar surface area (TPSA) is 63.7 Å². The predicted octanol–water partition coefficient (Wildman–Crippen LogP) is 4.06. The normalized spacial score (nSPS) is 18.0. The van der Waals surface area contributed by atoms with Gasteiger partial charge in [0.25, 0.3) is 5.91 Å². The van der Waals surface area contributed by atoms with Gasteiger partial charge in [-0.15, -0.1) is 0 Å². The number of amides is 1. The molecule has 1 heterocycles. The first kappa shape index (κ1) is 21.7. The Balaban J connectivity index is 1.71. The van der Waals surface area contributed by atoms with Crippen molar-refractivity contribution in [2.75, 3.05) is 18.1 Å². The zero-order valence-corrected chi connectivity index (χ0v) is 18.2. The zero-order valence-electron chi connectivity index (χ0n) is 16.7. The number of rotatable bonds is 7. The number of ether oxygens (including phenoxy) is 1. The van der Waals surface area contributed by atoms with Crippen LogP contribution in [0.4, 0.5) is 0 Å². The van der Waals surface area contributed by atoms with E-state index in [2.05, 4.69) is 13.8 Å². The lowest BCUT2D eigenvalue weighted by molar-refractivity contribution is -0.136. The maximum Gasteiger partial charge on any atom is 0.261 e. The molecular weight excluding hydrogens is 410 g/mol. The number of halogens is 1. The molecule has 2 aromatic rings. The minimum atomic E-state index is -3.12. The van der Waals surface area contributed by atoms with E-state index >= 15 is 0 Å². The number of hydrogen-bond donors (Lipinski definition) is 0. The molecule has 1 atom stereocenters. The molecule has 0 saturated carbocycles. The van der Waals surface area contributed by atoms with Crippen molar-refractivity contribution in [1.82, 2.24) is 4.90 Å². The minimum Gasteiger partial charge on any atom is -0.484 e. The van der Waals surface area contributed by atoms with Gasteiger partial charge >= 0.3 is 0 Å². The van der Waals surface area contributed by atoms with Gasteiger partial charge in [0.15, 0.2) is 16.4 Å². The highest BCUT2D eigenvalue weighted by Crippen LogP contribution is 2.23. The molecule has 1 saturated heterocycles. The quantitative estimate of drug-likeness (QED) is 0.657. The highest BCUT2D eigenvalue weighted by atomic mass is 35.5. The summed E-state index contributed by atoms with van der Waals surface area (Å²) in [5.74, 6) is 0.893. The van der Waals surface area contributed by atoms with Crippen LogP contribution >= 0.6 is 11.6 Å². The molecule has 5 nitrogen and oxygen atoms in total. The molecule has 3 rings (SSSR count). The zero-order chi connectivity index (χ0) is 21.0. The molecule has 0 radical (unpaired) electrons. The first-order chi connectivity index (χ1) is 13.7. The van der Waals surface area contributed by atoms with Crippen LogP contribution in [-0.2, 0) is 21.2 Å². The summed E-state index contributed by atoms with van der Waals surface area (Å²) in [6, 6.07) is 14.6. The maximum atomic E-state index is 13.0. The van der Waals surface area contributed by atoms with Crippen LogP contribution in [0.5, 0.6) is 5.75 Å². The number of carbonyl (C=O) groups is 1. The van der Waals surface area contributed by atoms with Gasteiger partial charge in [0, 0.05) is 17.6 Å². The van der Waals surface area contributed by atoms with Crippen molar-refractivity contribution >= 4 is 27.3 Å². The third-order valence-electron chi connectivity index (χ3n) is 5.12. The van der Waals surface area contributed by atoms with Gasteiger partial charge in [-0.3, -0.25) is 4.79 Å². The number of sulfone groups is 1. The minimum absolute atomic E-state index is 0.0115. The Morgan fingerprint density at radius 3 is 2.52 bits per heavy atom. The number of hydrogen-bond acceptors (Lipinski definition) is 4. The van der Waals surface area contributed by atoms with Crippen molar-refractivity contribution in [3.63, 3.8) is 0 Å². The summed E-state index contributed by atoms with van der Waals surface area (Å²) >= 11 is 6.06. The van der Waals surface area contributed by atoms with Gasteiger partial charge < -0.3 is 9.64 Å². The number of benzene rings is 2. The monoisotopic (exact) mass is 435 g/mol. The highest BCUT2D eigenvalue weighted by molar-refractivity contribution is 7.91. The second-order valence-corrected chi connectivity index (χ2v) is 10.4. The molecule has 1 aliphatic heterocycles. The van der Waals surface area contributed by atoms with E-state index < -0.39 is 9.84 Å². The molecule has 0 unspecified atom stereocenters. The van der Waals surface area contributed by atoms with E-state index in [0.29, 0.717) is 29.7 Å². The molecular formula is C22H26ClNO4S. The standard InChI is InChI=1S/C22H26ClNO4S/c1-16(2)18-6-8-21(9-7-18)28-14-22(25)24(20-10-11-29(26,27)15-20)13-17-4-3-5-19(23)12-17/h3-9,12,16,20H,10-11,13-15H2,1-2H3/t20-/m1/s1. The lowest BCUT2D eigenvalue weighted by atomic mass is 10.0. The molecule has 2 aromatic carbocycles. The summed E-state index contributed by atoms with van der Waals surface area (Å²) < 4.78 is 29.6. The van der Waals surface area contributed by atoms with Crippen LogP contribution < -0.4 is 4.74 Å². The fraction of sp³-hybridized carbons (Fsp3) is 0.409. The third kappa shape index (κ3) is 5.97. The van der Waals surface area contributed by atoms with E-state index in [1.807, 2.05) is 36.4 Å². The van der Waals surface area contributed by atoms with Crippen molar-refractivity contribution < 1.29 is 17.9 Å². The van der Waals surface area contributed by atoms with Gasteiger partial charge in [-0.1, -0.05) is 49.7 Å². The Bertz CT molecular complexity index is 957. The van der Waals surface area contributed by atoms with E-state index in [1.54, 1.807) is 17.0 Å². The fourth-order valence-electron chi connectivity index (χ4n) is 3.45. The smallest absolute Gasteiger partial charge is 0.261 e. The van der Waals surface area contributed by atoms with Gasteiger partial charge in [0.2, 0.25) is 0 Å². The van der Waals surface area contributed by atoms with Crippen molar-refractivity contribution in [2.45, 2.75) is 38.8 Å². The lowest BCUT2D eigenvalue weighted by Gasteiger charge is -2.28. The number of carbonyl (C=O) groups excluding carboxylic acids is 1. The Kier molecular flexibility index (Phi) is 6.85. The van der Waals surface area contributed by atoms with Crippen molar-refractivity contribution in [2.24, 2.45) is 0 Å². The van der Waals surface area contributed by atoms with Crippen LogP contribution in [0.15, 0.2) is 48.5 Å². The van der Waals surface area contributed by atoms with Crippen molar-refractivity contribution in [3.8, 4) is 5.75 Å². The Morgan fingerprint density at radius 2 is 1.93 bits per heavy atom. The van der Waals surface area contributed by atoms with Crippen LogP contribution in [0.3, 0.4) is 0 Å². The Hall–Kier alpha value is -2.05. The van der Waals surface area contributed by atoms with Crippen molar-refractivity contribution in [1.29, 1.82) is 0 Å². The van der Waals surface area contributed by atoms with Gasteiger partial charge in [-0.25, -0.2) is 8.42 Å². The molecule has 0 aromatic heterocycles. The highest BCUT2D eigenvalue weighted by Gasteiger charge is 2.34. The third-order valence-corrected chi connectivity index (χ3v) is 7.11. The Labute approximate surface area is 177 Å². The second kappa shape index (κ2) is 9.18. The second-order valence-electron chi connectivity index (χ2n) is 7.72. The first-order valence-electron chi connectivity index (χ1n) is 9.70. The predicted molar refractivity (Wildman–Crippen MR) is 115 cm³/mol. The van der Waals surface area contributed by atoms with Crippen LogP contribution in [0.25, 0.3) is 0 Å². The molecule has 7 heteroatoms. The molecule has 0 spiro atoms. The average Bonchev–Trinajstić information content (AvgIpc) is 3.04. The number of nitrogens with zero attached hydrogens (tertiary/aromatic N) is 1.